The highest BCUT2D eigenvalue weighted by Gasteiger charge is 2.41. The molecule has 1 heterocycles. The van der Waals surface area contributed by atoms with Crippen molar-refractivity contribution in [1.29, 1.82) is 0 Å². The number of hydrogen-bond donors (Lipinski definition) is 0. The molecule has 1 heteroatoms. The van der Waals surface area contributed by atoms with Crippen LogP contribution in [0.25, 0.3) is 105 Å². The molecule has 10 aromatic carbocycles. The quantitative estimate of drug-likeness (QED) is 0.155. The van der Waals surface area contributed by atoms with E-state index in [4.69, 9.17) is 0 Å². The van der Waals surface area contributed by atoms with Gasteiger partial charge in [0.25, 0.3) is 0 Å². The number of nitrogens with zero attached hydrogens (tertiary/aromatic N) is 1. The van der Waals surface area contributed by atoms with Crippen molar-refractivity contribution in [3.63, 3.8) is 0 Å². The first-order valence-corrected chi connectivity index (χ1v) is 19.7. The minimum atomic E-state index is -0.547. The molecular formula is C57H39N. The second-order valence-electron chi connectivity index (χ2n) is 15.8. The van der Waals surface area contributed by atoms with Crippen molar-refractivity contribution in [3.05, 3.63) is 211 Å². The van der Waals surface area contributed by atoms with E-state index < -0.39 is 5.41 Å². The third-order valence-electron chi connectivity index (χ3n) is 12.2. The number of hydrogen-bond acceptors (Lipinski definition) is 0. The number of benzene rings is 10. The first kappa shape index (κ1) is 25.8. The monoisotopic (exact) mass is 745 g/mol. The largest absolute Gasteiger partial charge is 0.309 e. The molecule has 0 fully saturated rings. The Bertz CT molecular complexity index is 3800. The summed E-state index contributed by atoms with van der Waals surface area (Å²) >= 11 is 0. The molecule has 1 aliphatic rings. The zero-order valence-corrected chi connectivity index (χ0v) is 31.9. The lowest BCUT2D eigenvalue weighted by atomic mass is 9.80. The van der Waals surface area contributed by atoms with Gasteiger partial charge in [-0.2, -0.15) is 0 Å². The SMILES string of the molecule is [2H]c1c([2H])c2c([2H])c([2H])c3c(-c4cccc5c4c4c(n5-c5cc(-c6ccccc6)cc(-c6ccccc6)c5)-c5ccccc5C4(C)C)c([2H])c([2H])c4c([2H])c([2H])c(c1-c1ccccc1)c2c43. The van der Waals surface area contributed by atoms with E-state index in [1.165, 1.54) is 0 Å². The van der Waals surface area contributed by atoms with Gasteiger partial charge in [-0.1, -0.05) is 190 Å². The molecule has 11 aromatic rings. The maximum atomic E-state index is 9.91. The molecule has 0 aliphatic heterocycles. The molecule has 12 rings (SSSR count). The number of rotatable bonds is 5. The fourth-order valence-corrected chi connectivity index (χ4v) is 9.59. The molecule has 272 valence electrons. The summed E-state index contributed by atoms with van der Waals surface area (Å²) in [6, 6.07) is 48.9. The summed E-state index contributed by atoms with van der Waals surface area (Å²) in [5.41, 5.74) is 11.5. The van der Waals surface area contributed by atoms with E-state index in [1.54, 1.807) is 12.1 Å². The fourth-order valence-electron chi connectivity index (χ4n) is 9.59. The van der Waals surface area contributed by atoms with Gasteiger partial charge in [0.1, 0.15) is 0 Å². The summed E-state index contributed by atoms with van der Waals surface area (Å²) in [5.74, 6) is 0. The van der Waals surface area contributed by atoms with Gasteiger partial charge >= 0.3 is 0 Å². The average Bonchev–Trinajstić information content (AvgIpc) is 3.82. The average molecular weight is 746 g/mol. The highest BCUT2D eigenvalue weighted by atomic mass is 15.0. The molecule has 0 N–H and O–H groups in total. The highest BCUT2D eigenvalue weighted by molar-refractivity contribution is 6.28. The first-order chi connectivity index (χ1) is 31.9. The van der Waals surface area contributed by atoms with Crippen LogP contribution in [-0.4, -0.2) is 4.57 Å². The van der Waals surface area contributed by atoms with Crippen LogP contribution in [0, 0.1) is 0 Å². The Labute approximate surface area is 349 Å². The second-order valence-corrected chi connectivity index (χ2v) is 15.8. The molecule has 0 saturated carbocycles. The summed E-state index contributed by atoms with van der Waals surface area (Å²) in [6.45, 7) is 4.43. The lowest BCUT2D eigenvalue weighted by Crippen LogP contribution is -2.15. The van der Waals surface area contributed by atoms with Gasteiger partial charge in [0, 0.05) is 22.1 Å². The molecule has 0 amide bonds. The minimum absolute atomic E-state index is 0.0276. The predicted octanol–water partition coefficient (Wildman–Crippen LogP) is 15.5. The first-order valence-electron chi connectivity index (χ1n) is 23.7. The zero-order valence-electron chi connectivity index (χ0n) is 39.9. The van der Waals surface area contributed by atoms with Crippen molar-refractivity contribution >= 4 is 43.2 Å². The summed E-state index contributed by atoms with van der Waals surface area (Å²) in [6.07, 6.45) is 0. The topological polar surface area (TPSA) is 4.93 Å². The van der Waals surface area contributed by atoms with E-state index >= 15 is 0 Å². The molecule has 58 heavy (non-hydrogen) atoms. The highest BCUT2D eigenvalue weighted by Crippen LogP contribution is 2.56. The Morgan fingerprint density at radius 2 is 0.931 bits per heavy atom. The number of aromatic nitrogens is 1. The maximum Gasteiger partial charge on any atom is 0.0630 e. The number of fused-ring (bicyclic) bond motifs is 5. The molecule has 1 aliphatic carbocycles. The van der Waals surface area contributed by atoms with Gasteiger partial charge in [0.15, 0.2) is 0 Å². The Kier molecular flexibility index (Phi) is 5.52. The molecule has 1 aromatic heterocycles. The van der Waals surface area contributed by atoms with E-state index in [1.807, 2.05) is 66.7 Å². The maximum absolute atomic E-state index is 9.91. The van der Waals surface area contributed by atoms with Crippen molar-refractivity contribution in [2.75, 3.05) is 0 Å². The van der Waals surface area contributed by atoms with Crippen LogP contribution in [0.5, 0.6) is 0 Å². The van der Waals surface area contributed by atoms with Crippen LogP contribution < -0.4 is 0 Å². The summed E-state index contributed by atoms with van der Waals surface area (Å²) in [4.78, 5) is 0. The summed E-state index contributed by atoms with van der Waals surface area (Å²) < 4.78 is 78.8. The zero-order chi connectivity index (χ0) is 45.5. The lowest BCUT2D eigenvalue weighted by Gasteiger charge is -2.23. The van der Waals surface area contributed by atoms with Gasteiger partial charge in [-0.15, -0.1) is 0 Å². The van der Waals surface area contributed by atoms with Crippen molar-refractivity contribution in [3.8, 4) is 61.5 Å². The van der Waals surface area contributed by atoms with Crippen molar-refractivity contribution in [2.45, 2.75) is 19.3 Å². The van der Waals surface area contributed by atoms with Gasteiger partial charge in [0.05, 0.1) is 22.2 Å². The fraction of sp³-hybridized carbons (Fsp3) is 0.0526. The van der Waals surface area contributed by atoms with Gasteiger partial charge in [-0.05, 0) is 112 Å². The van der Waals surface area contributed by atoms with Crippen LogP contribution in [0.4, 0.5) is 0 Å². The van der Waals surface area contributed by atoms with Crippen molar-refractivity contribution in [2.24, 2.45) is 0 Å². The van der Waals surface area contributed by atoms with Gasteiger partial charge < -0.3 is 4.57 Å². The Morgan fingerprint density at radius 1 is 0.414 bits per heavy atom. The molecule has 0 atom stereocenters. The Morgan fingerprint density at radius 3 is 1.57 bits per heavy atom. The lowest BCUT2D eigenvalue weighted by molar-refractivity contribution is 0.666. The van der Waals surface area contributed by atoms with Crippen LogP contribution in [-0.2, 0) is 5.41 Å². The molecule has 0 unspecified atom stereocenters. The molecular weight excluding hydrogens is 699 g/mol. The normalized spacial score (nSPS) is 15.1. The van der Waals surface area contributed by atoms with Crippen LogP contribution in [0.15, 0.2) is 200 Å². The molecule has 1 nitrogen and oxygen atoms in total. The van der Waals surface area contributed by atoms with Gasteiger partial charge in [-0.3, -0.25) is 0 Å². The van der Waals surface area contributed by atoms with E-state index in [2.05, 4.69) is 91.2 Å². The Balaban J connectivity index is 1.26. The van der Waals surface area contributed by atoms with E-state index in [9.17, 15) is 11.0 Å². The van der Waals surface area contributed by atoms with Crippen molar-refractivity contribution < 1.29 is 11.0 Å². The molecule has 0 spiro atoms. The van der Waals surface area contributed by atoms with Crippen LogP contribution >= 0.6 is 0 Å². The third kappa shape index (κ3) is 4.71. The third-order valence-corrected chi connectivity index (χ3v) is 12.2. The predicted molar refractivity (Wildman–Crippen MR) is 246 cm³/mol. The molecule has 0 radical (unpaired) electrons. The summed E-state index contributed by atoms with van der Waals surface area (Å²) in [5, 5.41) is 1.94. The molecule has 0 saturated heterocycles. The van der Waals surface area contributed by atoms with Crippen LogP contribution in [0.3, 0.4) is 0 Å². The van der Waals surface area contributed by atoms with Crippen LogP contribution in [0.2, 0.25) is 0 Å². The molecule has 0 bridgehead atoms. The van der Waals surface area contributed by atoms with Crippen molar-refractivity contribution in [1.82, 2.24) is 4.57 Å². The minimum Gasteiger partial charge on any atom is -0.309 e. The smallest absolute Gasteiger partial charge is 0.0630 e. The second kappa shape index (κ2) is 12.4. The van der Waals surface area contributed by atoms with Gasteiger partial charge in [0.2, 0.25) is 0 Å². The summed E-state index contributed by atoms with van der Waals surface area (Å²) in [7, 11) is 0. The Hall–Kier alpha value is -7.22. The van der Waals surface area contributed by atoms with Gasteiger partial charge in [-0.25, -0.2) is 0 Å². The van der Waals surface area contributed by atoms with Crippen LogP contribution in [0.1, 0.15) is 35.9 Å². The van der Waals surface area contributed by atoms with E-state index in [-0.39, 0.29) is 75.4 Å². The standard InChI is InChI=1S/C57H39N/c1-57(2)50-23-13-12-21-49(50)56-55(57)54-46(45-30-26-40-27-31-47-44(38-19-10-5-11-20-38)29-25-39-28-32-48(45)53(40)52(39)47)22-14-24-51(54)58(56)43-34-41(36-15-6-3-7-16-36)33-42(35-43)37-17-8-4-9-18-37/h3-35H,1-2H3/i25D,26D,27D,28D,29D,30D,31D,32D. The van der Waals surface area contributed by atoms with E-state index in [0.29, 0.717) is 27.5 Å². The van der Waals surface area contributed by atoms with E-state index in [0.717, 1.165) is 61.2 Å².